The Kier molecular flexibility index (Phi) is 4.22. The summed E-state index contributed by atoms with van der Waals surface area (Å²) in [5, 5.41) is 3.62. The Morgan fingerprint density at radius 1 is 1.25 bits per heavy atom. The van der Waals surface area contributed by atoms with Crippen LogP contribution in [-0.4, -0.2) is 12.9 Å². The lowest BCUT2D eigenvalue weighted by atomic mass is 10.0. The largest absolute Gasteiger partial charge is 0.493 e. The Morgan fingerprint density at radius 3 is 3.00 bits per heavy atom. The summed E-state index contributed by atoms with van der Waals surface area (Å²) < 4.78 is 6.82. The van der Waals surface area contributed by atoms with Crippen LogP contribution in [0, 0.1) is 0 Å². The molecule has 0 saturated heterocycles. The molecule has 1 N–H and O–H groups in total. The van der Waals surface area contributed by atoms with Gasteiger partial charge in [0.25, 0.3) is 0 Å². The number of nitrogens with one attached hydrogen (secondary N) is 1. The van der Waals surface area contributed by atoms with E-state index >= 15 is 0 Å². The van der Waals surface area contributed by atoms with Gasteiger partial charge in [-0.2, -0.15) is 0 Å². The predicted octanol–water partition coefficient (Wildman–Crippen LogP) is 5.11. The first kappa shape index (κ1) is 13.8. The fraction of sp³-hybridized carbons (Fsp3) is 0.250. The Balaban J connectivity index is 1.87. The average molecular weight is 350 g/mol. The van der Waals surface area contributed by atoms with E-state index in [0.717, 1.165) is 28.9 Å². The number of thioether (sulfide) groups is 1. The van der Waals surface area contributed by atoms with Gasteiger partial charge in [-0.15, -0.1) is 11.8 Å². The molecule has 2 nitrogen and oxygen atoms in total. The van der Waals surface area contributed by atoms with E-state index in [-0.39, 0.29) is 0 Å². The normalized spacial score (nSPS) is 17.2. The molecule has 0 aromatic heterocycles. The van der Waals surface area contributed by atoms with E-state index in [1.807, 2.05) is 12.1 Å². The first-order chi connectivity index (χ1) is 9.76. The molecule has 1 unspecified atom stereocenters. The van der Waals surface area contributed by atoms with Gasteiger partial charge in [-0.3, -0.25) is 0 Å². The van der Waals surface area contributed by atoms with Crippen molar-refractivity contribution in [2.75, 3.05) is 18.2 Å². The molecule has 0 amide bonds. The van der Waals surface area contributed by atoms with Crippen LogP contribution in [0.15, 0.2) is 51.8 Å². The molecule has 0 bridgehead atoms. The van der Waals surface area contributed by atoms with Gasteiger partial charge in [0.05, 0.1) is 12.6 Å². The quantitative estimate of drug-likeness (QED) is 0.778. The van der Waals surface area contributed by atoms with Crippen LogP contribution < -0.4 is 10.1 Å². The summed E-state index contributed by atoms with van der Waals surface area (Å²) in [6, 6.07) is 15.0. The standard InChI is InChI=1S/C16H16BrNOS/c1-20-13-4-2-3-12(10-13)18-15-7-8-19-16-6-5-11(17)9-14(15)16/h2-6,9-10,15,18H,7-8H2,1H3. The molecule has 0 radical (unpaired) electrons. The van der Waals surface area contributed by atoms with Crippen molar-refractivity contribution in [3.63, 3.8) is 0 Å². The second kappa shape index (κ2) is 6.10. The first-order valence-electron chi connectivity index (χ1n) is 6.59. The van der Waals surface area contributed by atoms with Crippen LogP contribution >= 0.6 is 27.7 Å². The van der Waals surface area contributed by atoms with Gasteiger partial charge in [-0.25, -0.2) is 0 Å². The Bertz CT molecular complexity index is 617. The van der Waals surface area contributed by atoms with Crippen molar-refractivity contribution in [2.45, 2.75) is 17.4 Å². The molecule has 1 aliphatic heterocycles. The number of benzene rings is 2. The van der Waals surface area contributed by atoms with Gasteiger partial charge in [-0.1, -0.05) is 22.0 Å². The zero-order valence-electron chi connectivity index (χ0n) is 11.2. The molecule has 0 aliphatic carbocycles. The minimum absolute atomic E-state index is 0.299. The summed E-state index contributed by atoms with van der Waals surface area (Å²) in [6.07, 6.45) is 3.08. The second-order valence-corrected chi connectivity index (χ2v) is 6.54. The Labute approximate surface area is 132 Å². The summed E-state index contributed by atoms with van der Waals surface area (Å²) in [5.74, 6) is 0.984. The highest BCUT2D eigenvalue weighted by atomic mass is 79.9. The molecule has 1 aliphatic rings. The number of anilines is 1. The summed E-state index contributed by atoms with van der Waals surface area (Å²) >= 11 is 5.30. The minimum atomic E-state index is 0.299. The maximum Gasteiger partial charge on any atom is 0.124 e. The smallest absolute Gasteiger partial charge is 0.124 e. The van der Waals surface area contributed by atoms with E-state index in [1.165, 1.54) is 10.5 Å². The third-order valence-electron chi connectivity index (χ3n) is 3.42. The zero-order valence-corrected chi connectivity index (χ0v) is 13.6. The van der Waals surface area contributed by atoms with Gasteiger partial charge < -0.3 is 10.1 Å². The highest BCUT2D eigenvalue weighted by molar-refractivity contribution is 9.10. The number of ether oxygens (including phenoxy) is 1. The third-order valence-corrected chi connectivity index (χ3v) is 4.64. The van der Waals surface area contributed by atoms with Gasteiger partial charge in [0.15, 0.2) is 0 Å². The first-order valence-corrected chi connectivity index (χ1v) is 8.61. The van der Waals surface area contributed by atoms with Gasteiger partial charge in [-0.05, 0) is 42.7 Å². The number of hydrogen-bond donors (Lipinski definition) is 1. The van der Waals surface area contributed by atoms with E-state index < -0.39 is 0 Å². The lowest BCUT2D eigenvalue weighted by Crippen LogP contribution is -2.20. The molecule has 1 atom stereocenters. The zero-order chi connectivity index (χ0) is 13.9. The minimum Gasteiger partial charge on any atom is -0.493 e. The van der Waals surface area contributed by atoms with Crippen molar-refractivity contribution in [3.05, 3.63) is 52.5 Å². The number of halogens is 1. The molecule has 3 rings (SSSR count). The maximum atomic E-state index is 5.73. The van der Waals surface area contributed by atoms with Gasteiger partial charge in [0, 0.05) is 27.0 Å². The third kappa shape index (κ3) is 2.96. The van der Waals surface area contributed by atoms with Crippen LogP contribution in [0.2, 0.25) is 0 Å². The van der Waals surface area contributed by atoms with Crippen molar-refractivity contribution >= 4 is 33.4 Å². The highest BCUT2D eigenvalue weighted by Gasteiger charge is 2.21. The van der Waals surface area contributed by atoms with Crippen LogP contribution in [0.4, 0.5) is 5.69 Å². The van der Waals surface area contributed by atoms with Crippen molar-refractivity contribution < 1.29 is 4.74 Å². The van der Waals surface area contributed by atoms with E-state index in [4.69, 9.17) is 4.74 Å². The lowest BCUT2D eigenvalue weighted by Gasteiger charge is -2.27. The van der Waals surface area contributed by atoms with Crippen LogP contribution in [-0.2, 0) is 0 Å². The van der Waals surface area contributed by atoms with Crippen LogP contribution in [0.5, 0.6) is 5.75 Å². The topological polar surface area (TPSA) is 21.3 Å². The second-order valence-electron chi connectivity index (χ2n) is 4.75. The molecule has 20 heavy (non-hydrogen) atoms. The molecule has 2 aromatic carbocycles. The molecule has 4 heteroatoms. The monoisotopic (exact) mass is 349 g/mol. The van der Waals surface area contributed by atoms with Crippen molar-refractivity contribution in [1.29, 1.82) is 0 Å². The van der Waals surface area contributed by atoms with Crippen LogP contribution in [0.25, 0.3) is 0 Å². The van der Waals surface area contributed by atoms with Crippen molar-refractivity contribution in [2.24, 2.45) is 0 Å². The number of hydrogen-bond acceptors (Lipinski definition) is 3. The van der Waals surface area contributed by atoms with Crippen molar-refractivity contribution in [3.8, 4) is 5.75 Å². The summed E-state index contributed by atoms with van der Waals surface area (Å²) in [4.78, 5) is 1.27. The van der Waals surface area contributed by atoms with Crippen LogP contribution in [0.3, 0.4) is 0 Å². The van der Waals surface area contributed by atoms with Crippen LogP contribution in [0.1, 0.15) is 18.0 Å². The van der Waals surface area contributed by atoms with Gasteiger partial charge >= 0.3 is 0 Å². The highest BCUT2D eigenvalue weighted by Crippen LogP contribution is 2.36. The molecule has 0 saturated carbocycles. The summed E-state index contributed by atoms with van der Waals surface area (Å²) in [7, 11) is 0. The molecule has 1 heterocycles. The van der Waals surface area contributed by atoms with Crippen molar-refractivity contribution in [1.82, 2.24) is 0 Å². The van der Waals surface area contributed by atoms with E-state index in [1.54, 1.807) is 11.8 Å². The van der Waals surface area contributed by atoms with Gasteiger partial charge in [0.2, 0.25) is 0 Å². The fourth-order valence-electron chi connectivity index (χ4n) is 2.43. The lowest BCUT2D eigenvalue weighted by molar-refractivity contribution is 0.274. The van der Waals surface area contributed by atoms with E-state index in [9.17, 15) is 0 Å². The fourth-order valence-corrected chi connectivity index (χ4v) is 3.27. The molecule has 0 fully saturated rings. The maximum absolute atomic E-state index is 5.73. The average Bonchev–Trinajstić information content (AvgIpc) is 2.48. The SMILES string of the molecule is CSc1cccc(NC2CCOc3ccc(Br)cc32)c1. The van der Waals surface area contributed by atoms with Gasteiger partial charge in [0.1, 0.15) is 5.75 Å². The molecular weight excluding hydrogens is 334 g/mol. The molecular formula is C16H16BrNOS. The van der Waals surface area contributed by atoms with E-state index in [2.05, 4.69) is 57.8 Å². The number of rotatable bonds is 3. The Morgan fingerprint density at radius 2 is 2.15 bits per heavy atom. The Hall–Kier alpha value is -1.13. The summed E-state index contributed by atoms with van der Waals surface area (Å²) in [5.41, 5.74) is 2.38. The summed E-state index contributed by atoms with van der Waals surface area (Å²) in [6.45, 7) is 0.758. The molecule has 0 spiro atoms. The molecule has 2 aromatic rings. The predicted molar refractivity (Wildman–Crippen MR) is 88.8 cm³/mol. The number of fused-ring (bicyclic) bond motifs is 1. The molecule has 104 valence electrons. The van der Waals surface area contributed by atoms with E-state index in [0.29, 0.717) is 6.04 Å².